The maximum Gasteiger partial charge on any atom is 0.324 e. The minimum absolute atomic E-state index is 0.0739. The predicted molar refractivity (Wildman–Crippen MR) is 64.4 cm³/mol. The maximum absolute atomic E-state index is 13.4. The van der Waals surface area contributed by atoms with Crippen LogP contribution < -0.4 is 10.5 Å². The number of para-hydroxylation sites is 1. The van der Waals surface area contributed by atoms with Crippen LogP contribution in [0.15, 0.2) is 23.1 Å². The number of nitro benzene ring substituents is 1. The first-order valence-corrected chi connectivity index (χ1v) is 7.00. The zero-order valence-corrected chi connectivity index (χ0v) is 10.6. The molecule has 0 bridgehead atoms. The maximum atomic E-state index is 13.4. The van der Waals surface area contributed by atoms with Crippen LogP contribution in [-0.2, 0) is 10.0 Å². The number of halogens is 1. The molecular formula is C10H12FN3O4S. The molecule has 9 heteroatoms. The molecule has 1 aromatic carbocycles. The first kappa shape index (κ1) is 13.8. The molecular weight excluding hydrogens is 277 g/mol. The lowest BCUT2D eigenvalue weighted by Crippen LogP contribution is -2.50. The Morgan fingerprint density at radius 3 is 2.58 bits per heavy atom. The molecule has 1 saturated carbocycles. The third kappa shape index (κ3) is 2.72. The summed E-state index contributed by atoms with van der Waals surface area (Å²) < 4.78 is 39.6. The van der Waals surface area contributed by atoms with Gasteiger partial charge in [-0.2, -0.15) is 4.39 Å². The molecule has 2 rings (SSSR count). The van der Waals surface area contributed by atoms with Crippen LogP contribution in [0.25, 0.3) is 0 Å². The van der Waals surface area contributed by atoms with Gasteiger partial charge in [-0.3, -0.25) is 10.1 Å². The van der Waals surface area contributed by atoms with Crippen molar-refractivity contribution in [3.05, 3.63) is 34.1 Å². The monoisotopic (exact) mass is 289 g/mol. The SMILES string of the molecule is NC1CC(NS(=O)(=O)c2cccc(F)c2[N+](=O)[O-])C1. The van der Waals surface area contributed by atoms with Gasteiger partial charge in [-0.15, -0.1) is 0 Å². The highest BCUT2D eigenvalue weighted by Crippen LogP contribution is 2.28. The van der Waals surface area contributed by atoms with E-state index in [1.807, 2.05) is 0 Å². The van der Waals surface area contributed by atoms with Crippen LogP contribution in [0.5, 0.6) is 0 Å². The number of nitrogens with one attached hydrogen (secondary N) is 1. The van der Waals surface area contributed by atoms with Crippen LogP contribution >= 0.6 is 0 Å². The van der Waals surface area contributed by atoms with E-state index in [1.54, 1.807) is 0 Å². The highest BCUT2D eigenvalue weighted by molar-refractivity contribution is 7.89. The molecule has 3 N–H and O–H groups in total. The number of sulfonamides is 1. The molecule has 0 unspecified atom stereocenters. The summed E-state index contributed by atoms with van der Waals surface area (Å²) in [6, 6.07) is 2.53. The first-order chi connectivity index (χ1) is 8.81. The van der Waals surface area contributed by atoms with Crippen LogP contribution in [0.4, 0.5) is 10.1 Å². The van der Waals surface area contributed by atoms with Crippen LogP contribution in [0, 0.1) is 15.9 Å². The molecule has 104 valence electrons. The normalized spacial score (nSPS) is 22.8. The predicted octanol–water partition coefficient (Wildman–Crippen LogP) is 0.502. The lowest BCUT2D eigenvalue weighted by molar-refractivity contribution is -0.390. The topological polar surface area (TPSA) is 115 Å². The van der Waals surface area contributed by atoms with Gasteiger partial charge in [-0.25, -0.2) is 13.1 Å². The Morgan fingerprint density at radius 1 is 1.42 bits per heavy atom. The molecule has 1 aliphatic carbocycles. The quantitative estimate of drug-likeness (QED) is 0.618. The van der Waals surface area contributed by atoms with Crippen molar-refractivity contribution >= 4 is 15.7 Å². The van der Waals surface area contributed by atoms with Crippen LogP contribution in [0.1, 0.15) is 12.8 Å². The average molecular weight is 289 g/mol. The van der Waals surface area contributed by atoms with E-state index in [-0.39, 0.29) is 12.1 Å². The fourth-order valence-electron chi connectivity index (χ4n) is 1.93. The van der Waals surface area contributed by atoms with E-state index in [2.05, 4.69) is 4.72 Å². The van der Waals surface area contributed by atoms with Gasteiger partial charge in [0.2, 0.25) is 15.8 Å². The van der Waals surface area contributed by atoms with Crippen LogP contribution in [0.2, 0.25) is 0 Å². The first-order valence-electron chi connectivity index (χ1n) is 5.52. The lowest BCUT2D eigenvalue weighted by atomic mass is 9.89. The summed E-state index contributed by atoms with van der Waals surface area (Å²) in [5, 5.41) is 10.8. The number of nitrogens with zero attached hydrogens (tertiary/aromatic N) is 1. The van der Waals surface area contributed by atoms with Gasteiger partial charge < -0.3 is 5.73 Å². The van der Waals surface area contributed by atoms with E-state index in [9.17, 15) is 22.9 Å². The second-order valence-electron chi connectivity index (χ2n) is 4.39. The van der Waals surface area contributed by atoms with E-state index in [4.69, 9.17) is 5.73 Å². The molecule has 0 spiro atoms. The largest absolute Gasteiger partial charge is 0.328 e. The van der Waals surface area contributed by atoms with Crippen LogP contribution in [0.3, 0.4) is 0 Å². The Kier molecular flexibility index (Phi) is 3.52. The number of benzene rings is 1. The number of nitro groups is 1. The Labute approximate surface area is 108 Å². The van der Waals surface area contributed by atoms with Gasteiger partial charge in [0.15, 0.2) is 4.90 Å². The summed E-state index contributed by atoms with van der Waals surface area (Å²) in [6.07, 6.45) is 0.921. The van der Waals surface area contributed by atoms with Gasteiger partial charge in [-0.1, -0.05) is 6.07 Å². The Bertz CT molecular complexity index is 613. The van der Waals surface area contributed by atoms with Gasteiger partial charge in [-0.05, 0) is 25.0 Å². The highest BCUT2D eigenvalue weighted by Gasteiger charge is 2.34. The molecule has 0 aliphatic heterocycles. The second kappa shape index (κ2) is 4.83. The van der Waals surface area contributed by atoms with E-state index in [0.29, 0.717) is 12.8 Å². The van der Waals surface area contributed by atoms with Crippen molar-refractivity contribution in [3.8, 4) is 0 Å². The molecule has 0 saturated heterocycles. The molecule has 1 fully saturated rings. The third-order valence-electron chi connectivity index (χ3n) is 2.92. The summed E-state index contributed by atoms with van der Waals surface area (Å²) in [4.78, 5) is 9.05. The lowest BCUT2D eigenvalue weighted by Gasteiger charge is -2.32. The average Bonchev–Trinajstić information content (AvgIpc) is 2.25. The Balaban J connectivity index is 2.35. The fourth-order valence-corrected chi connectivity index (χ4v) is 3.37. The smallest absolute Gasteiger partial charge is 0.324 e. The van der Waals surface area contributed by atoms with Crippen molar-refractivity contribution in [1.29, 1.82) is 0 Å². The molecule has 1 aliphatic rings. The number of hydrogen-bond donors (Lipinski definition) is 2. The number of nitrogens with two attached hydrogens (primary N) is 1. The molecule has 0 amide bonds. The third-order valence-corrected chi connectivity index (χ3v) is 4.47. The van der Waals surface area contributed by atoms with Crippen molar-refractivity contribution < 1.29 is 17.7 Å². The number of hydrogen-bond acceptors (Lipinski definition) is 5. The molecule has 0 aromatic heterocycles. The molecule has 0 atom stereocenters. The van der Waals surface area contributed by atoms with Gasteiger partial charge in [0.25, 0.3) is 0 Å². The van der Waals surface area contributed by atoms with Gasteiger partial charge >= 0.3 is 5.69 Å². The van der Waals surface area contributed by atoms with Gasteiger partial charge in [0.1, 0.15) is 0 Å². The molecule has 0 radical (unpaired) electrons. The van der Waals surface area contributed by atoms with Crippen molar-refractivity contribution in [2.24, 2.45) is 5.73 Å². The summed E-state index contributed by atoms with van der Waals surface area (Å²) in [7, 11) is -4.13. The van der Waals surface area contributed by atoms with E-state index in [1.165, 1.54) is 0 Å². The van der Waals surface area contributed by atoms with Crippen molar-refractivity contribution in [2.45, 2.75) is 29.8 Å². The van der Waals surface area contributed by atoms with Gasteiger partial charge in [0.05, 0.1) is 4.92 Å². The standard InChI is InChI=1S/C10H12FN3O4S/c11-8-2-1-3-9(10(8)14(15)16)19(17,18)13-7-4-6(12)5-7/h1-3,6-7,13H,4-5,12H2. The summed E-state index contributed by atoms with van der Waals surface area (Å²) in [5.74, 6) is -1.18. The summed E-state index contributed by atoms with van der Waals surface area (Å²) in [5.41, 5.74) is 4.48. The van der Waals surface area contributed by atoms with Crippen molar-refractivity contribution in [3.63, 3.8) is 0 Å². The second-order valence-corrected chi connectivity index (χ2v) is 6.08. The molecule has 19 heavy (non-hydrogen) atoms. The van der Waals surface area contributed by atoms with Crippen LogP contribution in [-0.4, -0.2) is 25.4 Å². The Hall–Kier alpha value is -1.58. The fraction of sp³-hybridized carbons (Fsp3) is 0.400. The minimum atomic E-state index is -4.13. The van der Waals surface area contributed by atoms with E-state index >= 15 is 0 Å². The van der Waals surface area contributed by atoms with E-state index in [0.717, 1.165) is 18.2 Å². The number of rotatable bonds is 4. The van der Waals surface area contributed by atoms with E-state index < -0.39 is 31.3 Å². The zero-order chi connectivity index (χ0) is 14.2. The molecule has 7 nitrogen and oxygen atoms in total. The van der Waals surface area contributed by atoms with Gasteiger partial charge in [0, 0.05) is 12.1 Å². The minimum Gasteiger partial charge on any atom is -0.328 e. The highest BCUT2D eigenvalue weighted by atomic mass is 32.2. The van der Waals surface area contributed by atoms with Crippen molar-refractivity contribution in [2.75, 3.05) is 0 Å². The zero-order valence-electron chi connectivity index (χ0n) is 9.74. The molecule has 0 heterocycles. The van der Waals surface area contributed by atoms with Crippen molar-refractivity contribution in [1.82, 2.24) is 4.72 Å². The summed E-state index contributed by atoms with van der Waals surface area (Å²) >= 11 is 0. The summed E-state index contributed by atoms with van der Waals surface area (Å²) in [6.45, 7) is 0. The Morgan fingerprint density at radius 2 is 2.05 bits per heavy atom. The molecule has 1 aromatic rings.